The van der Waals surface area contributed by atoms with Crippen LogP contribution in [0.5, 0.6) is 5.75 Å². The molecule has 0 aliphatic heterocycles. The van der Waals surface area contributed by atoms with E-state index >= 15 is 0 Å². The number of nitrogens with one attached hydrogen (secondary N) is 1. The molecule has 1 unspecified atom stereocenters. The van der Waals surface area contributed by atoms with E-state index in [-0.39, 0.29) is 17.9 Å². The highest BCUT2D eigenvalue weighted by atomic mass is 32.1. The van der Waals surface area contributed by atoms with E-state index in [1.165, 1.54) is 46.9 Å². The molecule has 35 heavy (non-hydrogen) atoms. The van der Waals surface area contributed by atoms with Gasteiger partial charge in [0.1, 0.15) is 22.5 Å². The lowest BCUT2D eigenvalue weighted by Crippen LogP contribution is -2.47. The molecule has 1 aliphatic rings. The van der Waals surface area contributed by atoms with Gasteiger partial charge in [0.05, 0.1) is 17.8 Å². The smallest absolute Gasteiger partial charge is 0.271 e. The van der Waals surface area contributed by atoms with E-state index in [0.29, 0.717) is 27.6 Å². The number of halogens is 1. The summed E-state index contributed by atoms with van der Waals surface area (Å²) in [5, 5.41) is 3.95. The Morgan fingerprint density at radius 2 is 1.71 bits per heavy atom. The number of benzene rings is 2. The average Bonchev–Trinajstić information content (AvgIpc) is 3.21. The van der Waals surface area contributed by atoms with Gasteiger partial charge in [0.2, 0.25) is 5.91 Å². The normalized spacial score (nSPS) is 14.9. The Labute approximate surface area is 209 Å². The summed E-state index contributed by atoms with van der Waals surface area (Å²) in [6.45, 7) is 3.62. The number of hydrogen-bond acceptors (Lipinski definition) is 5. The minimum absolute atomic E-state index is 0.0644. The van der Waals surface area contributed by atoms with Gasteiger partial charge in [-0.3, -0.25) is 14.5 Å². The van der Waals surface area contributed by atoms with Crippen molar-refractivity contribution in [3.8, 4) is 5.75 Å². The summed E-state index contributed by atoms with van der Waals surface area (Å²) < 4.78 is 19.1. The molecule has 0 saturated heterocycles. The molecule has 1 fully saturated rings. The predicted octanol–water partition coefficient (Wildman–Crippen LogP) is 5.74. The van der Waals surface area contributed by atoms with Crippen molar-refractivity contribution in [2.75, 3.05) is 12.0 Å². The number of carbonyl (C=O) groups excluding carboxylic acids is 2. The van der Waals surface area contributed by atoms with Crippen LogP contribution < -0.4 is 15.0 Å². The van der Waals surface area contributed by atoms with Gasteiger partial charge in [0.25, 0.3) is 5.91 Å². The third-order valence-electron chi connectivity index (χ3n) is 6.31. The van der Waals surface area contributed by atoms with Crippen molar-refractivity contribution in [3.63, 3.8) is 0 Å². The zero-order chi connectivity index (χ0) is 24.9. The van der Waals surface area contributed by atoms with Gasteiger partial charge < -0.3 is 10.1 Å². The van der Waals surface area contributed by atoms with Crippen LogP contribution in [0.15, 0.2) is 48.5 Å². The summed E-state index contributed by atoms with van der Waals surface area (Å²) in [5.74, 6) is -0.384. The number of anilines is 1. The molecule has 1 aliphatic carbocycles. The van der Waals surface area contributed by atoms with Crippen LogP contribution in [0.2, 0.25) is 0 Å². The van der Waals surface area contributed by atoms with Crippen molar-refractivity contribution in [3.05, 3.63) is 75.5 Å². The lowest BCUT2D eigenvalue weighted by molar-refractivity contribution is -0.123. The van der Waals surface area contributed by atoms with E-state index in [9.17, 15) is 14.0 Å². The van der Waals surface area contributed by atoms with E-state index in [0.717, 1.165) is 30.7 Å². The topological polar surface area (TPSA) is 71.5 Å². The first-order chi connectivity index (χ1) is 16.9. The molecule has 0 spiro atoms. The Morgan fingerprint density at radius 1 is 1.06 bits per heavy atom. The van der Waals surface area contributed by atoms with Crippen molar-refractivity contribution in [1.29, 1.82) is 0 Å². The molecule has 1 aromatic heterocycles. The molecule has 0 radical (unpaired) electrons. The number of nitrogens with zero attached hydrogens (tertiary/aromatic N) is 2. The molecule has 1 saturated carbocycles. The lowest BCUT2D eigenvalue weighted by Gasteiger charge is -2.33. The first-order valence-electron chi connectivity index (χ1n) is 11.8. The average molecular weight is 496 g/mol. The van der Waals surface area contributed by atoms with Crippen molar-refractivity contribution in [2.24, 2.45) is 0 Å². The monoisotopic (exact) mass is 495 g/mol. The molecule has 1 atom stereocenters. The van der Waals surface area contributed by atoms with E-state index in [2.05, 4.69) is 10.3 Å². The highest BCUT2D eigenvalue weighted by molar-refractivity contribution is 7.13. The first-order valence-corrected chi connectivity index (χ1v) is 12.7. The number of aryl methyl sites for hydroxylation is 2. The Morgan fingerprint density at radius 3 is 2.29 bits per heavy atom. The second-order valence-corrected chi connectivity index (χ2v) is 10.0. The molecule has 3 aromatic rings. The number of hydrogen-bond donors (Lipinski definition) is 1. The molecule has 4 rings (SSSR count). The number of thiazole rings is 1. The van der Waals surface area contributed by atoms with Gasteiger partial charge >= 0.3 is 0 Å². The van der Waals surface area contributed by atoms with Gasteiger partial charge in [-0.15, -0.1) is 11.3 Å². The fourth-order valence-electron chi connectivity index (χ4n) is 4.56. The molecule has 1 N–H and O–H groups in total. The standard InChI is InChI=1S/C27H30FN3O3S/c1-17-25(35-18(2)29-17)27(33)31(22-13-11-20(28)12-14-22)24(19-9-15-23(34-3)16-10-19)26(32)30-21-7-5-4-6-8-21/h9-16,21,24H,4-8H2,1-3H3,(H,30,32). The highest BCUT2D eigenvalue weighted by Gasteiger charge is 2.36. The van der Waals surface area contributed by atoms with Crippen LogP contribution in [0.3, 0.4) is 0 Å². The summed E-state index contributed by atoms with van der Waals surface area (Å²) in [4.78, 5) is 34.2. The maximum atomic E-state index is 14.0. The van der Waals surface area contributed by atoms with Gasteiger partial charge in [-0.2, -0.15) is 0 Å². The van der Waals surface area contributed by atoms with Crippen molar-refractivity contribution in [2.45, 2.75) is 58.0 Å². The van der Waals surface area contributed by atoms with Crippen LogP contribution >= 0.6 is 11.3 Å². The zero-order valence-corrected chi connectivity index (χ0v) is 21.0. The number of amides is 2. The predicted molar refractivity (Wildman–Crippen MR) is 136 cm³/mol. The fourth-order valence-corrected chi connectivity index (χ4v) is 5.41. The Balaban J connectivity index is 1.81. The van der Waals surface area contributed by atoms with Crippen molar-refractivity contribution in [1.82, 2.24) is 10.3 Å². The minimum Gasteiger partial charge on any atom is -0.497 e. The summed E-state index contributed by atoms with van der Waals surface area (Å²) in [7, 11) is 1.57. The van der Waals surface area contributed by atoms with Crippen LogP contribution in [0, 0.1) is 19.7 Å². The van der Waals surface area contributed by atoms with Gasteiger partial charge in [0.15, 0.2) is 0 Å². The number of aromatic nitrogens is 1. The largest absolute Gasteiger partial charge is 0.497 e. The first kappa shape index (κ1) is 24.9. The summed E-state index contributed by atoms with van der Waals surface area (Å²) in [6, 6.07) is 11.9. The highest BCUT2D eigenvalue weighted by Crippen LogP contribution is 2.33. The van der Waals surface area contributed by atoms with E-state index in [1.54, 1.807) is 38.3 Å². The minimum atomic E-state index is -0.956. The van der Waals surface area contributed by atoms with Crippen LogP contribution in [0.1, 0.15) is 64.1 Å². The van der Waals surface area contributed by atoms with Crippen LogP contribution in [-0.2, 0) is 4.79 Å². The fraction of sp³-hybridized carbons (Fsp3) is 0.370. The molecule has 0 bridgehead atoms. The summed E-state index contributed by atoms with van der Waals surface area (Å²) in [6.07, 6.45) is 5.13. The van der Waals surface area contributed by atoms with Gasteiger partial charge in [-0.1, -0.05) is 31.4 Å². The van der Waals surface area contributed by atoms with Crippen molar-refractivity contribution >= 4 is 28.8 Å². The maximum Gasteiger partial charge on any atom is 0.271 e. The molecule has 8 heteroatoms. The Kier molecular flexibility index (Phi) is 7.80. The molecular formula is C27H30FN3O3S. The third kappa shape index (κ3) is 5.70. The number of ether oxygens (including phenoxy) is 1. The number of carbonyl (C=O) groups is 2. The second-order valence-electron chi connectivity index (χ2n) is 8.82. The van der Waals surface area contributed by atoms with Gasteiger partial charge in [0, 0.05) is 11.7 Å². The number of rotatable bonds is 7. The van der Waals surface area contributed by atoms with Crippen molar-refractivity contribution < 1.29 is 18.7 Å². The summed E-state index contributed by atoms with van der Waals surface area (Å²) in [5.41, 5.74) is 1.67. The van der Waals surface area contributed by atoms with Crippen LogP contribution in [-0.4, -0.2) is 29.9 Å². The summed E-state index contributed by atoms with van der Waals surface area (Å²) >= 11 is 1.29. The number of methoxy groups -OCH3 is 1. The molecule has 184 valence electrons. The third-order valence-corrected chi connectivity index (χ3v) is 7.37. The molecule has 2 aromatic carbocycles. The van der Waals surface area contributed by atoms with Gasteiger partial charge in [-0.05, 0) is 68.7 Å². The Hall–Kier alpha value is -3.26. The van der Waals surface area contributed by atoms with E-state index < -0.39 is 11.9 Å². The van der Waals surface area contributed by atoms with Gasteiger partial charge in [-0.25, -0.2) is 9.37 Å². The Bertz CT molecular complexity index is 1170. The van der Waals surface area contributed by atoms with Crippen LogP contribution in [0.25, 0.3) is 0 Å². The molecule has 2 amide bonds. The molecule has 6 nitrogen and oxygen atoms in total. The van der Waals surface area contributed by atoms with Crippen LogP contribution in [0.4, 0.5) is 10.1 Å². The zero-order valence-electron chi connectivity index (χ0n) is 20.2. The second kappa shape index (κ2) is 11.0. The molecule has 1 heterocycles. The maximum absolute atomic E-state index is 14.0. The van der Waals surface area contributed by atoms with E-state index in [4.69, 9.17) is 4.74 Å². The quantitative estimate of drug-likeness (QED) is 0.453. The lowest BCUT2D eigenvalue weighted by atomic mass is 9.94. The SMILES string of the molecule is COc1ccc(C(C(=O)NC2CCCCC2)N(C(=O)c2sc(C)nc2C)c2ccc(F)cc2)cc1. The molecular weight excluding hydrogens is 465 g/mol. The van der Waals surface area contributed by atoms with E-state index in [1.807, 2.05) is 6.92 Å².